The molecule has 1 saturated heterocycles. The van der Waals surface area contributed by atoms with Gasteiger partial charge in [0.05, 0.1) is 6.10 Å². The Kier molecular flexibility index (Phi) is 28.3. The van der Waals surface area contributed by atoms with Crippen LogP contribution < -0.4 is 0 Å². The minimum absolute atomic E-state index is 0.597. The van der Waals surface area contributed by atoms with Crippen molar-refractivity contribution >= 4 is 0 Å². The molecule has 0 saturated carbocycles. The molecular weight excluding hydrogens is 222 g/mol. The molecule has 1 aliphatic heterocycles. The highest BCUT2D eigenvalue weighted by Crippen LogP contribution is 2.13. The number of rotatable bonds is 3. The fourth-order valence-electron chi connectivity index (χ4n) is 1.41. The van der Waals surface area contributed by atoms with Crippen LogP contribution in [0.5, 0.6) is 0 Å². The topological polar surface area (TPSA) is 12.5 Å². The van der Waals surface area contributed by atoms with Crippen molar-refractivity contribution < 1.29 is 4.74 Å². The van der Waals surface area contributed by atoms with Gasteiger partial charge in [0, 0.05) is 6.61 Å². The van der Waals surface area contributed by atoms with Crippen LogP contribution in [-0.4, -0.2) is 38.3 Å². The number of nitrogens with zero attached hydrogens (tertiary/aromatic N) is 1. The molecule has 1 atom stereocenters. The largest absolute Gasteiger partial charge is 0.378 e. The third-order valence-corrected chi connectivity index (χ3v) is 2.15. The van der Waals surface area contributed by atoms with E-state index < -0.39 is 0 Å². The summed E-state index contributed by atoms with van der Waals surface area (Å²) in [5.41, 5.74) is 0. The van der Waals surface area contributed by atoms with E-state index in [4.69, 9.17) is 4.74 Å². The van der Waals surface area contributed by atoms with Gasteiger partial charge < -0.3 is 9.64 Å². The highest BCUT2D eigenvalue weighted by atomic mass is 16.5. The van der Waals surface area contributed by atoms with Crippen molar-refractivity contribution in [3.8, 4) is 0 Å². The Bertz CT molecular complexity index is 110. The third-order valence-electron chi connectivity index (χ3n) is 2.15. The lowest BCUT2D eigenvalue weighted by molar-refractivity contribution is 0.108. The summed E-state index contributed by atoms with van der Waals surface area (Å²) in [6.45, 7) is 14.8. The SMILES string of the molecule is CC.CCC.CCC1CCCO1.CCCN(C)C. The maximum Gasteiger partial charge on any atom is 0.0573 e. The molecule has 1 heterocycles. The maximum absolute atomic E-state index is 5.30. The molecule has 0 radical (unpaired) electrons. The van der Waals surface area contributed by atoms with E-state index in [9.17, 15) is 0 Å². The summed E-state index contributed by atoms with van der Waals surface area (Å²) >= 11 is 0. The van der Waals surface area contributed by atoms with Gasteiger partial charge >= 0.3 is 0 Å². The summed E-state index contributed by atoms with van der Waals surface area (Å²) in [5.74, 6) is 0. The molecule has 18 heavy (non-hydrogen) atoms. The van der Waals surface area contributed by atoms with Crippen molar-refractivity contribution in [3.63, 3.8) is 0 Å². The zero-order chi connectivity index (χ0) is 14.8. The quantitative estimate of drug-likeness (QED) is 0.710. The van der Waals surface area contributed by atoms with E-state index in [-0.39, 0.29) is 0 Å². The molecule has 1 unspecified atom stereocenters. The van der Waals surface area contributed by atoms with Crippen LogP contribution in [0, 0.1) is 0 Å². The molecular formula is C16H39NO. The maximum atomic E-state index is 5.30. The van der Waals surface area contributed by atoms with Crippen molar-refractivity contribution in [2.75, 3.05) is 27.2 Å². The first kappa shape index (κ1) is 23.0. The Balaban J connectivity index is -0.000000187. The van der Waals surface area contributed by atoms with E-state index in [2.05, 4.69) is 46.7 Å². The summed E-state index contributed by atoms with van der Waals surface area (Å²) in [6, 6.07) is 0. The average Bonchev–Trinajstić information content (AvgIpc) is 2.86. The Morgan fingerprint density at radius 1 is 1.06 bits per heavy atom. The first-order chi connectivity index (χ1) is 8.62. The van der Waals surface area contributed by atoms with Crippen LogP contribution in [-0.2, 0) is 4.74 Å². The van der Waals surface area contributed by atoms with Crippen LogP contribution in [0.4, 0.5) is 0 Å². The fraction of sp³-hybridized carbons (Fsp3) is 1.00. The van der Waals surface area contributed by atoms with Crippen molar-refractivity contribution in [1.29, 1.82) is 0 Å². The predicted molar refractivity (Wildman–Crippen MR) is 85.4 cm³/mol. The molecule has 2 nitrogen and oxygen atoms in total. The molecule has 1 rings (SSSR count). The van der Waals surface area contributed by atoms with Gasteiger partial charge in [-0.1, -0.05) is 48.0 Å². The van der Waals surface area contributed by atoms with Gasteiger partial charge in [0.25, 0.3) is 0 Å². The lowest BCUT2D eigenvalue weighted by Crippen LogP contribution is -2.11. The highest BCUT2D eigenvalue weighted by molar-refractivity contribution is 4.60. The third kappa shape index (κ3) is 24.9. The summed E-state index contributed by atoms with van der Waals surface area (Å²) in [4.78, 5) is 2.18. The van der Waals surface area contributed by atoms with E-state index in [1.165, 1.54) is 38.6 Å². The molecule has 0 aromatic heterocycles. The Morgan fingerprint density at radius 3 is 1.67 bits per heavy atom. The average molecular weight is 261 g/mol. The standard InChI is InChI=1S/C6H12O.C5H13N.C3H8.C2H6/c1-2-6-4-3-5-7-6;1-4-5-6(2)3;1-3-2;1-2/h6H,2-5H2,1H3;4-5H2,1-3H3;3H2,1-2H3;1-2H3. The fourth-order valence-corrected chi connectivity index (χ4v) is 1.41. The first-order valence-electron chi connectivity index (χ1n) is 7.88. The van der Waals surface area contributed by atoms with Gasteiger partial charge in [0.2, 0.25) is 0 Å². The number of hydrogen-bond acceptors (Lipinski definition) is 2. The van der Waals surface area contributed by atoms with Crippen molar-refractivity contribution in [1.82, 2.24) is 4.90 Å². The Labute approximate surface area is 117 Å². The van der Waals surface area contributed by atoms with E-state index in [1.807, 2.05) is 13.8 Å². The number of ether oxygens (including phenoxy) is 1. The lowest BCUT2D eigenvalue weighted by atomic mass is 10.2. The molecule has 1 aliphatic rings. The van der Waals surface area contributed by atoms with Crippen LogP contribution in [0.1, 0.15) is 73.6 Å². The molecule has 1 fully saturated rings. The summed E-state index contributed by atoms with van der Waals surface area (Å²) < 4.78 is 5.30. The summed E-state index contributed by atoms with van der Waals surface area (Å²) in [6.07, 6.45) is 6.86. The monoisotopic (exact) mass is 261 g/mol. The van der Waals surface area contributed by atoms with Gasteiger partial charge in [0.15, 0.2) is 0 Å². The second-order valence-electron chi connectivity index (χ2n) is 4.55. The van der Waals surface area contributed by atoms with Gasteiger partial charge in [0.1, 0.15) is 0 Å². The van der Waals surface area contributed by atoms with Crippen LogP contribution in [0.2, 0.25) is 0 Å². The lowest BCUT2D eigenvalue weighted by Gasteiger charge is -2.03. The van der Waals surface area contributed by atoms with Gasteiger partial charge in [-0.3, -0.25) is 0 Å². The van der Waals surface area contributed by atoms with Gasteiger partial charge in [-0.05, 0) is 46.3 Å². The van der Waals surface area contributed by atoms with Crippen LogP contribution in [0.15, 0.2) is 0 Å². The molecule has 0 bridgehead atoms. The summed E-state index contributed by atoms with van der Waals surface area (Å²) in [5, 5.41) is 0. The minimum Gasteiger partial charge on any atom is -0.378 e. The second kappa shape index (κ2) is 22.1. The van der Waals surface area contributed by atoms with Crippen LogP contribution in [0.3, 0.4) is 0 Å². The van der Waals surface area contributed by atoms with Crippen LogP contribution in [0.25, 0.3) is 0 Å². The van der Waals surface area contributed by atoms with Gasteiger partial charge in [-0.2, -0.15) is 0 Å². The molecule has 0 aromatic carbocycles. The first-order valence-corrected chi connectivity index (χ1v) is 7.88. The predicted octanol–water partition coefficient (Wildman–Crippen LogP) is 4.98. The molecule has 0 N–H and O–H groups in total. The molecule has 2 heteroatoms. The van der Waals surface area contributed by atoms with Crippen molar-refractivity contribution in [2.45, 2.75) is 79.8 Å². The van der Waals surface area contributed by atoms with E-state index in [1.54, 1.807) is 0 Å². The van der Waals surface area contributed by atoms with E-state index in [0.29, 0.717) is 6.10 Å². The van der Waals surface area contributed by atoms with Crippen molar-refractivity contribution in [3.05, 3.63) is 0 Å². The minimum atomic E-state index is 0.597. The molecule has 0 aromatic rings. The smallest absolute Gasteiger partial charge is 0.0573 e. The second-order valence-corrected chi connectivity index (χ2v) is 4.55. The highest BCUT2D eigenvalue weighted by Gasteiger charge is 2.11. The van der Waals surface area contributed by atoms with E-state index >= 15 is 0 Å². The Hall–Kier alpha value is -0.0800. The van der Waals surface area contributed by atoms with Crippen molar-refractivity contribution in [2.24, 2.45) is 0 Å². The van der Waals surface area contributed by atoms with Crippen LogP contribution >= 0.6 is 0 Å². The van der Waals surface area contributed by atoms with Gasteiger partial charge in [-0.25, -0.2) is 0 Å². The zero-order valence-electron chi connectivity index (χ0n) is 14.4. The molecule has 0 spiro atoms. The van der Waals surface area contributed by atoms with Gasteiger partial charge in [-0.15, -0.1) is 0 Å². The Morgan fingerprint density at radius 2 is 1.56 bits per heavy atom. The summed E-state index contributed by atoms with van der Waals surface area (Å²) in [7, 11) is 4.17. The zero-order valence-corrected chi connectivity index (χ0v) is 14.4. The molecule has 0 amide bonds. The van der Waals surface area contributed by atoms with E-state index in [0.717, 1.165) is 6.61 Å². The molecule has 0 aliphatic carbocycles. The number of hydrogen-bond donors (Lipinski definition) is 0. The molecule has 114 valence electrons. The normalized spacial score (nSPS) is 16.8.